The van der Waals surface area contributed by atoms with Crippen LogP contribution in [0.5, 0.6) is 0 Å². The molecule has 0 radical (unpaired) electrons. The summed E-state index contributed by atoms with van der Waals surface area (Å²) in [6, 6.07) is 0.301. The number of anilines is 1. The van der Waals surface area contributed by atoms with Crippen LogP contribution in [-0.4, -0.2) is 40.9 Å². The van der Waals surface area contributed by atoms with Crippen molar-refractivity contribution in [1.29, 1.82) is 0 Å². The highest BCUT2D eigenvalue weighted by Gasteiger charge is 2.49. The van der Waals surface area contributed by atoms with Crippen LogP contribution in [0.1, 0.15) is 32.1 Å². The zero-order chi connectivity index (χ0) is 16.0. The summed E-state index contributed by atoms with van der Waals surface area (Å²) in [5, 5.41) is 7.54. The number of aromatic nitrogens is 2. The molecule has 2 bridgehead atoms. The second-order valence-corrected chi connectivity index (χ2v) is 7.60. The monoisotopic (exact) mass is 389 g/mol. The van der Waals surface area contributed by atoms with Crippen LogP contribution < -0.4 is 16.0 Å². The molecule has 1 amide bonds. The summed E-state index contributed by atoms with van der Waals surface area (Å²) in [6.45, 7) is 1.90. The first kappa shape index (κ1) is 20.3. The third-order valence-corrected chi connectivity index (χ3v) is 6.11. The minimum atomic E-state index is 0. The van der Waals surface area contributed by atoms with Gasteiger partial charge in [-0.1, -0.05) is 0 Å². The van der Waals surface area contributed by atoms with Gasteiger partial charge in [0.25, 0.3) is 0 Å². The van der Waals surface area contributed by atoms with Crippen molar-refractivity contribution in [2.45, 2.75) is 44.2 Å². The molecule has 0 spiro atoms. The molecule has 1 saturated heterocycles. The van der Waals surface area contributed by atoms with Gasteiger partial charge in [0.05, 0.1) is 17.8 Å². The van der Waals surface area contributed by atoms with Gasteiger partial charge < -0.3 is 16.0 Å². The molecule has 3 N–H and O–H groups in total. The highest BCUT2D eigenvalue weighted by molar-refractivity contribution is 5.85. The molecular weight excluding hydrogens is 361 g/mol. The number of nitrogens with two attached hydrogens (primary N) is 1. The topological polar surface area (TPSA) is 76.2 Å². The molecule has 8 heteroatoms. The molecule has 2 saturated carbocycles. The van der Waals surface area contributed by atoms with E-state index in [1.54, 1.807) is 0 Å². The lowest BCUT2D eigenvalue weighted by Crippen LogP contribution is -2.52. The maximum atomic E-state index is 12.7. The molecule has 5 unspecified atom stereocenters. The van der Waals surface area contributed by atoms with Crippen molar-refractivity contribution >= 4 is 36.4 Å². The lowest BCUT2D eigenvalue weighted by Gasteiger charge is -2.35. The van der Waals surface area contributed by atoms with Gasteiger partial charge in [-0.3, -0.25) is 9.48 Å². The fraction of sp³-hybridized carbons (Fsp3) is 0.765. The molecule has 1 aromatic rings. The van der Waals surface area contributed by atoms with Crippen LogP contribution in [0.3, 0.4) is 0 Å². The first-order chi connectivity index (χ1) is 11.1. The van der Waals surface area contributed by atoms with E-state index in [2.05, 4.69) is 15.3 Å². The Morgan fingerprint density at radius 2 is 2.04 bits per heavy atom. The molecule has 2 heterocycles. The Morgan fingerprint density at radius 3 is 2.68 bits per heavy atom. The number of carbonyl (C=O) groups is 1. The molecule has 1 aromatic heterocycles. The molecule has 0 aromatic carbocycles. The van der Waals surface area contributed by atoms with E-state index >= 15 is 0 Å². The van der Waals surface area contributed by atoms with E-state index in [1.165, 1.54) is 12.8 Å². The SMILES string of the molecule is Cl.Cl.Cn1cc(N2CCCC(NC(=O)C3C4CCC(C4)C3N)C2)cn1. The van der Waals surface area contributed by atoms with Gasteiger partial charge in [-0.2, -0.15) is 5.10 Å². The van der Waals surface area contributed by atoms with E-state index in [4.69, 9.17) is 5.73 Å². The molecule has 4 rings (SSSR count). The maximum Gasteiger partial charge on any atom is 0.225 e. The molecule has 3 fully saturated rings. The molecule has 25 heavy (non-hydrogen) atoms. The Labute approximate surface area is 161 Å². The third kappa shape index (κ3) is 3.91. The zero-order valence-electron chi connectivity index (χ0n) is 14.6. The van der Waals surface area contributed by atoms with Gasteiger partial charge in [0, 0.05) is 38.4 Å². The number of hydrogen-bond acceptors (Lipinski definition) is 4. The second-order valence-electron chi connectivity index (χ2n) is 7.60. The van der Waals surface area contributed by atoms with Crippen molar-refractivity contribution < 1.29 is 4.79 Å². The van der Waals surface area contributed by atoms with Gasteiger partial charge >= 0.3 is 0 Å². The summed E-state index contributed by atoms with van der Waals surface area (Å²) in [6.07, 6.45) is 9.65. The van der Waals surface area contributed by atoms with Crippen LogP contribution in [0.15, 0.2) is 12.4 Å². The van der Waals surface area contributed by atoms with Crippen LogP contribution in [0.25, 0.3) is 0 Å². The van der Waals surface area contributed by atoms with Gasteiger partial charge in [0.1, 0.15) is 0 Å². The van der Waals surface area contributed by atoms with Crippen LogP contribution in [0, 0.1) is 17.8 Å². The van der Waals surface area contributed by atoms with Crippen molar-refractivity contribution in [1.82, 2.24) is 15.1 Å². The fourth-order valence-electron chi connectivity index (χ4n) is 4.92. The third-order valence-electron chi connectivity index (χ3n) is 6.11. The number of nitrogens with one attached hydrogen (secondary N) is 1. The quantitative estimate of drug-likeness (QED) is 0.824. The van der Waals surface area contributed by atoms with Crippen molar-refractivity contribution in [3.63, 3.8) is 0 Å². The average Bonchev–Trinajstić information content (AvgIpc) is 3.23. The summed E-state index contributed by atoms with van der Waals surface area (Å²) in [5.41, 5.74) is 7.45. The fourth-order valence-corrected chi connectivity index (χ4v) is 4.92. The van der Waals surface area contributed by atoms with Gasteiger partial charge in [0.15, 0.2) is 0 Å². The molecular formula is C17H29Cl2N5O. The lowest BCUT2D eigenvalue weighted by molar-refractivity contribution is -0.127. The lowest BCUT2D eigenvalue weighted by atomic mass is 9.84. The number of rotatable bonds is 3. The van der Waals surface area contributed by atoms with Crippen molar-refractivity contribution in [2.75, 3.05) is 18.0 Å². The van der Waals surface area contributed by atoms with E-state index in [0.29, 0.717) is 11.8 Å². The maximum absolute atomic E-state index is 12.7. The summed E-state index contributed by atoms with van der Waals surface area (Å²) >= 11 is 0. The van der Waals surface area contributed by atoms with E-state index in [-0.39, 0.29) is 48.7 Å². The number of hydrogen-bond donors (Lipinski definition) is 2. The molecule has 1 aliphatic heterocycles. The normalized spacial score (nSPS) is 33.5. The first-order valence-corrected chi connectivity index (χ1v) is 8.91. The Kier molecular flexibility index (Phi) is 6.62. The van der Waals surface area contributed by atoms with Crippen molar-refractivity contribution in [2.24, 2.45) is 30.5 Å². The van der Waals surface area contributed by atoms with Gasteiger partial charge in [-0.25, -0.2) is 0 Å². The molecule has 2 aliphatic carbocycles. The summed E-state index contributed by atoms with van der Waals surface area (Å²) < 4.78 is 1.83. The zero-order valence-corrected chi connectivity index (χ0v) is 16.3. The number of halogens is 2. The van der Waals surface area contributed by atoms with Crippen molar-refractivity contribution in [3.8, 4) is 0 Å². The Morgan fingerprint density at radius 1 is 1.28 bits per heavy atom. The number of carbonyl (C=O) groups excluding carboxylic acids is 1. The summed E-state index contributed by atoms with van der Waals surface area (Å²) in [4.78, 5) is 15.1. The van der Waals surface area contributed by atoms with E-state index in [1.807, 2.05) is 24.1 Å². The number of piperidine rings is 1. The van der Waals surface area contributed by atoms with Crippen molar-refractivity contribution in [3.05, 3.63) is 12.4 Å². The number of amides is 1. The standard InChI is InChI=1S/C17H27N5O.2ClH/c1-21-10-14(8-19-21)22-6-2-3-13(9-22)20-17(23)15-11-4-5-12(7-11)16(15)18;;/h8,10-13,15-16H,2-7,9,18H2,1H3,(H,20,23);2*1H. The van der Waals surface area contributed by atoms with E-state index in [9.17, 15) is 4.79 Å². The Bertz CT molecular complexity index is 593. The minimum absolute atomic E-state index is 0. The predicted octanol–water partition coefficient (Wildman–Crippen LogP) is 1.72. The van der Waals surface area contributed by atoms with E-state index < -0.39 is 0 Å². The van der Waals surface area contributed by atoms with Crippen LogP contribution in [0.4, 0.5) is 5.69 Å². The highest BCUT2D eigenvalue weighted by Crippen LogP contribution is 2.47. The van der Waals surface area contributed by atoms with Crippen LogP contribution in [-0.2, 0) is 11.8 Å². The largest absolute Gasteiger partial charge is 0.367 e. The van der Waals surface area contributed by atoms with Gasteiger partial charge in [0.2, 0.25) is 5.91 Å². The van der Waals surface area contributed by atoms with Gasteiger partial charge in [-0.15, -0.1) is 24.8 Å². The number of nitrogens with zero attached hydrogens (tertiary/aromatic N) is 3. The van der Waals surface area contributed by atoms with Gasteiger partial charge in [-0.05, 0) is 43.9 Å². The van der Waals surface area contributed by atoms with Crippen LogP contribution in [0.2, 0.25) is 0 Å². The number of fused-ring (bicyclic) bond motifs is 2. The predicted molar refractivity (Wildman–Crippen MR) is 103 cm³/mol. The first-order valence-electron chi connectivity index (χ1n) is 8.91. The molecule has 3 aliphatic rings. The second kappa shape index (κ2) is 8.14. The van der Waals surface area contributed by atoms with Crippen LogP contribution >= 0.6 is 24.8 Å². The molecule has 142 valence electrons. The summed E-state index contributed by atoms with van der Waals surface area (Å²) in [7, 11) is 1.93. The molecule has 6 nitrogen and oxygen atoms in total. The van der Waals surface area contributed by atoms with E-state index in [0.717, 1.165) is 38.0 Å². The molecule has 5 atom stereocenters. The number of aryl methyl sites for hydroxylation is 1. The smallest absolute Gasteiger partial charge is 0.225 e. The average molecular weight is 390 g/mol. The Balaban J connectivity index is 0.00000113. The summed E-state index contributed by atoms with van der Waals surface area (Å²) in [5.74, 6) is 1.34. The Hall–Kier alpha value is -0.980. The minimum Gasteiger partial charge on any atom is -0.367 e. The highest BCUT2D eigenvalue weighted by atomic mass is 35.5.